The Morgan fingerprint density at radius 2 is 2.60 bits per heavy atom. The van der Waals surface area contributed by atoms with Gasteiger partial charge in [-0.25, -0.2) is 0 Å². The molecule has 0 aliphatic heterocycles. The maximum atomic E-state index is 9.26. The summed E-state index contributed by atoms with van der Waals surface area (Å²) in [4.78, 5) is 0. The number of hydrogen-bond acceptors (Lipinski definition) is 2. The summed E-state index contributed by atoms with van der Waals surface area (Å²) in [7, 11) is -0.632. The molecule has 0 radical (unpaired) electrons. The lowest BCUT2D eigenvalue weighted by Gasteiger charge is -2.05. The molecule has 1 aliphatic carbocycles. The van der Waals surface area contributed by atoms with Gasteiger partial charge in [0.1, 0.15) is 0 Å². The lowest BCUT2D eigenvalue weighted by Crippen LogP contribution is -2.20. The highest BCUT2D eigenvalue weighted by Gasteiger charge is 2.20. The van der Waals surface area contributed by atoms with E-state index in [-0.39, 0.29) is 0 Å². The van der Waals surface area contributed by atoms with Crippen LogP contribution in [-0.2, 0) is 4.65 Å². The Labute approximate surface area is 62.0 Å². The molecule has 0 atom stereocenters. The van der Waals surface area contributed by atoms with Crippen LogP contribution >= 0.6 is 0 Å². The highest BCUT2D eigenvalue weighted by atomic mass is 16.5. The molecule has 2 nitrogen and oxygen atoms in total. The first-order chi connectivity index (χ1) is 4.84. The standard InChI is InChI=1S/C7H13BO2/c1-2-10-8(9)7-5-3-4-6-7/h5,9H,2-4,6H2,1H3. The van der Waals surface area contributed by atoms with Crippen molar-refractivity contribution in [1.82, 2.24) is 0 Å². The molecular formula is C7H13BO2. The minimum atomic E-state index is -0.632. The van der Waals surface area contributed by atoms with E-state index in [9.17, 15) is 5.02 Å². The summed E-state index contributed by atoms with van der Waals surface area (Å²) in [5.41, 5.74) is 1.06. The van der Waals surface area contributed by atoms with Crippen LogP contribution < -0.4 is 0 Å². The van der Waals surface area contributed by atoms with Gasteiger partial charge in [-0.3, -0.25) is 0 Å². The molecule has 0 fully saturated rings. The van der Waals surface area contributed by atoms with Gasteiger partial charge in [0, 0.05) is 6.61 Å². The average Bonchev–Trinajstić information content (AvgIpc) is 2.38. The largest absolute Gasteiger partial charge is 0.486 e. The molecule has 1 aliphatic rings. The predicted octanol–water partition coefficient (Wildman–Crippen LogP) is 1.15. The van der Waals surface area contributed by atoms with Crippen LogP contribution in [0.3, 0.4) is 0 Å². The lowest BCUT2D eigenvalue weighted by atomic mass is 9.78. The van der Waals surface area contributed by atoms with Crippen molar-refractivity contribution in [3.05, 3.63) is 11.5 Å². The predicted molar refractivity (Wildman–Crippen MR) is 41.5 cm³/mol. The summed E-state index contributed by atoms with van der Waals surface area (Å²) in [6.45, 7) is 2.47. The zero-order valence-corrected chi connectivity index (χ0v) is 6.34. The van der Waals surface area contributed by atoms with E-state index in [4.69, 9.17) is 4.65 Å². The molecule has 0 saturated heterocycles. The van der Waals surface area contributed by atoms with Gasteiger partial charge in [0.05, 0.1) is 0 Å². The Kier molecular flexibility index (Phi) is 2.96. The van der Waals surface area contributed by atoms with Gasteiger partial charge in [0.2, 0.25) is 0 Å². The Hall–Kier alpha value is -0.275. The third-order valence-corrected chi connectivity index (χ3v) is 1.72. The van der Waals surface area contributed by atoms with Crippen molar-refractivity contribution in [3.63, 3.8) is 0 Å². The zero-order valence-electron chi connectivity index (χ0n) is 6.34. The van der Waals surface area contributed by atoms with E-state index < -0.39 is 7.12 Å². The van der Waals surface area contributed by atoms with E-state index in [1.807, 2.05) is 6.92 Å². The van der Waals surface area contributed by atoms with E-state index in [0.29, 0.717) is 6.61 Å². The van der Waals surface area contributed by atoms with Crippen molar-refractivity contribution in [3.8, 4) is 0 Å². The molecule has 56 valence electrons. The van der Waals surface area contributed by atoms with E-state index in [0.717, 1.165) is 18.3 Å². The monoisotopic (exact) mass is 140 g/mol. The SMILES string of the molecule is CCOB(O)C1=CCCC1. The maximum absolute atomic E-state index is 9.26. The second-order valence-electron chi connectivity index (χ2n) is 2.48. The normalized spacial score (nSPS) is 17.2. The van der Waals surface area contributed by atoms with Crippen LogP contribution in [0, 0.1) is 0 Å². The van der Waals surface area contributed by atoms with Crippen molar-refractivity contribution >= 4 is 7.12 Å². The molecule has 0 unspecified atom stereocenters. The number of allylic oxidation sites excluding steroid dienone is 2. The Morgan fingerprint density at radius 3 is 3.10 bits per heavy atom. The molecule has 0 aromatic heterocycles. The molecule has 0 amide bonds. The molecular weight excluding hydrogens is 127 g/mol. The fraction of sp³-hybridized carbons (Fsp3) is 0.714. The summed E-state index contributed by atoms with van der Waals surface area (Å²) in [5.74, 6) is 0. The molecule has 1 rings (SSSR count). The van der Waals surface area contributed by atoms with Crippen LogP contribution in [0.2, 0.25) is 0 Å². The van der Waals surface area contributed by atoms with E-state index >= 15 is 0 Å². The summed E-state index contributed by atoms with van der Waals surface area (Å²) in [6.07, 6.45) is 5.33. The molecule has 0 aromatic rings. The van der Waals surface area contributed by atoms with Crippen molar-refractivity contribution in [2.45, 2.75) is 26.2 Å². The van der Waals surface area contributed by atoms with Gasteiger partial charge in [-0.2, -0.15) is 0 Å². The first kappa shape index (κ1) is 7.83. The van der Waals surface area contributed by atoms with Crippen LogP contribution in [0.4, 0.5) is 0 Å². The molecule has 10 heavy (non-hydrogen) atoms. The van der Waals surface area contributed by atoms with Crippen LogP contribution in [-0.4, -0.2) is 18.7 Å². The van der Waals surface area contributed by atoms with Crippen LogP contribution in [0.15, 0.2) is 11.5 Å². The Morgan fingerprint density at radius 1 is 1.80 bits per heavy atom. The van der Waals surface area contributed by atoms with E-state index in [1.54, 1.807) is 0 Å². The van der Waals surface area contributed by atoms with Gasteiger partial charge in [-0.15, -0.1) is 0 Å². The second-order valence-corrected chi connectivity index (χ2v) is 2.48. The summed E-state index contributed by atoms with van der Waals surface area (Å²) in [6, 6.07) is 0. The lowest BCUT2D eigenvalue weighted by molar-refractivity contribution is 0.282. The molecule has 0 heterocycles. The summed E-state index contributed by atoms with van der Waals surface area (Å²) >= 11 is 0. The van der Waals surface area contributed by atoms with Crippen molar-refractivity contribution in [1.29, 1.82) is 0 Å². The topological polar surface area (TPSA) is 29.5 Å². The van der Waals surface area contributed by atoms with Crippen molar-refractivity contribution in [2.75, 3.05) is 6.61 Å². The van der Waals surface area contributed by atoms with Gasteiger partial charge in [-0.1, -0.05) is 6.08 Å². The zero-order chi connectivity index (χ0) is 7.40. The molecule has 0 bridgehead atoms. The summed E-state index contributed by atoms with van der Waals surface area (Å²) < 4.78 is 5.01. The van der Waals surface area contributed by atoms with Gasteiger partial charge >= 0.3 is 7.12 Å². The fourth-order valence-corrected chi connectivity index (χ4v) is 1.18. The van der Waals surface area contributed by atoms with E-state index in [2.05, 4.69) is 6.08 Å². The highest BCUT2D eigenvalue weighted by Crippen LogP contribution is 2.19. The van der Waals surface area contributed by atoms with Gasteiger partial charge in [0.15, 0.2) is 0 Å². The molecule has 0 spiro atoms. The Balaban J connectivity index is 2.32. The van der Waals surface area contributed by atoms with Gasteiger partial charge < -0.3 is 9.68 Å². The second kappa shape index (κ2) is 3.79. The van der Waals surface area contributed by atoms with Gasteiger partial charge in [0.25, 0.3) is 0 Å². The van der Waals surface area contributed by atoms with Crippen molar-refractivity contribution in [2.24, 2.45) is 0 Å². The highest BCUT2D eigenvalue weighted by molar-refractivity contribution is 6.52. The third kappa shape index (κ3) is 1.85. The average molecular weight is 140 g/mol. The third-order valence-electron chi connectivity index (χ3n) is 1.72. The molecule has 3 heteroatoms. The van der Waals surface area contributed by atoms with Crippen LogP contribution in [0.1, 0.15) is 26.2 Å². The molecule has 0 aromatic carbocycles. The minimum absolute atomic E-state index is 0.582. The molecule has 1 N–H and O–H groups in total. The molecule has 0 saturated carbocycles. The number of hydrogen-bond donors (Lipinski definition) is 1. The van der Waals surface area contributed by atoms with Crippen LogP contribution in [0.25, 0.3) is 0 Å². The summed E-state index contributed by atoms with van der Waals surface area (Å²) in [5, 5.41) is 9.26. The van der Waals surface area contributed by atoms with Crippen LogP contribution in [0.5, 0.6) is 0 Å². The van der Waals surface area contributed by atoms with Crippen molar-refractivity contribution < 1.29 is 9.68 Å². The first-order valence-corrected chi connectivity index (χ1v) is 3.83. The number of rotatable bonds is 3. The van der Waals surface area contributed by atoms with Gasteiger partial charge in [-0.05, 0) is 31.7 Å². The quantitative estimate of drug-likeness (QED) is 0.595. The maximum Gasteiger partial charge on any atom is 0.486 e. The smallest absolute Gasteiger partial charge is 0.423 e. The Bertz CT molecular complexity index is 134. The fourth-order valence-electron chi connectivity index (χ4n) is 1.18. The van der Waals surface area contributed by atoms with E-state index in [1.165, 1.54) is 6.42 Å². The minimum Gasteiger partial charge on any atom is -0.423 e. The first-order valence-electron chi connectivity index (χ1n) is 3.83.